The molecule has 0 amide bonds. The topological polar surface area (TPSA) is 17.6 Å². The van der Waals surface area contributed by atoms with Crippen LogP contribution in [0.3, 0.4) is 0 Å². The molecule has 0 spiro atoms. The second-order valence-corrected chi connectivity index (χ2v) is 8.16. The van der Waals surface area contributed by atoms with E-state index < -0.39 is 0 Å². The molecular weight excluding hydrogens is 366 g/mol. The van der Waals surface area contributed by atoms with E-state index in [1.54, 1.807) is 0 Å². The molecule has 0 aliphatic rings. The molecule has 2 heteroatoms. The van der Waals surface area contributed by atoms with E-state index in [0.717, 1.165) is 11.2 Å². The number of aromatic nitrogens is 1. The van der Waals surface area contributed by atoms with Crippen molar-refractivity contribution in [1.82, 2.24) is 4.40 Å². The fraction of sp³-hybridized carbons (Fsp3) is 0. The Morgan fingerprint density at radius 1 is 0.533 bits per heavy atom. The normalized spacial score (nSPS) is 12.7. The average molecular weight is 381 g/mol. The van der Waals surface area contributed by atoms with Gasteiger partial charge in [0.25, 0.3) is 0 Å². The van der Waals surface area contributed by atoms with E-state index in [9.17, 15) is 0 Å². The predicted molar refractivity (Wildman–Crippen MR) is 126 cm³/mol. The van der Waals surface area contributed by atoms with Crippen molar-refractivity contribution in [3.05, 3.63) is 91.0 Å². The van der Waals surface area contributed by atoms with Crippen molar-refractivity contribution in [1.29, 1.82) is 0 Å². The molecule has 0 atom stereocenters. The van der Waals surface area contributed by atoms with Gasteiger partial charge in [-0.2, -0.15) is 0 Å². The summed E-state index contributed by atoms with van der Waals surface area (Å²) < 4.78 is 8.86. The summed E-state index contributed by atoms with van der Waals surface area (Å²) in [4.78, 5) is 0. The maximum absolute atomic E-state index is 6.44. The van der Waals surface area contributed by atoms with Crippen LogP contribution >= 0.6 is 0 Å². The zero-order chi connectivity index (χ0) is 19.4. The van der Waals surface area contributed by atoms with Gasteiger partial charge in [-0.25, -0.2) is 0 Å². The monoisotopic (exact) mass is 381 g/mol. The lowest BCUT2D eigenvalue weighted by molar-refractivity contribution is 0.673. The van der Waals surface area contributed by atoms with E-state index in [1.807, 2.05) is 6.07 Å². The number of furan rings is 1. The van der Waals surface area contributed by atoms with Crippen LogP contribution < -0.4 is 0 Å². The lowest BCUT2D eigenvalue weighted by Gasteiger charge is -2.02. The number of fused-ring (bicyclic) bond motifs is 12. The highest BCUT2D eigenvalue weighted by Crippen LogP contribution is 2.45. The Balaban J connectivity index is 1.79. The molecule has 0 aliphatic carbocycles. The maximum Gasteiger partial charge on any atom is 0.145 e. The number of nitrogens with zero attached hydrogens (tertiary/aromatic N) is 1. The van der Waals surface area contributed by atoms with Gasteiger partial charge < -0.3 is 8.82 Å². The Morgan fingerprint density at radius 2 is 1.30 bits per heavy atom. The Kier molecular flexibility index (Phi) is 2.44. The first-order chi connectivity index (χ1) is 14.9. The van der Waals surface area contributed by atoms with Crippen molar-refractivity contribution in [2.75, 3.05) is 0 Å². The summed E-state index contributed by atoms with van der Waals surface area (Å²) in [5, 5.41) is 10.0. The van der Waals surface area contributed by atoms with Crippen LogP contribution in [0.1, 0.15) is 0 Å². The molecule has 5 aromatic carbocycles. The molecule has 2 nitrogen and oxygen atoms in total. The average Bonchev–Trinajstić information content (AvgIpc) is 3.44. The van der Waals surface area contributed by atoms with E-state index in [4.69, 9.17) is 4.42 Å². The van der Waals surface area contributed by atoms with Crippen molar-refractivity contribution in [3.63, 3.8) is 0 Å². The van der Waals surface area contributed by atoms with Crippen LogP contribution in [0.5, 0.6) is 0 Å². The van der Waals surface area contributed by atoms with Gasteiger partial charge in [0, 0.05) is 26.9 Å². The highest BCUT2D eigenvalue weighted by atomic mass is 16.3. The van der Waals surface area contributed by atoms with Gasteiger partial charge in [-0.3, -0.25) is 0 Å². The highest BCUT2D eigenvalue weighted by molar-refractivity contribution is 6.34. The first-order valence-corrected chi connectivity index (χ1v) is 10.3. The van der Waals surface area contributed by atoms with E-state index in [0.29, 0.717) is 0 Å². The van der Waals surface area contributed by atoms with Crippen molar-refractivity contribution in [2.24, 2.45) is 0 Å². The van der Waals surface area contributed by atoms with Crippen LogP contribution in [0.25, 0.3) is 70.8 Å². The third kappa shape index (κ3) is 1.56. The van der Waals surface area contributed by atoms with Crippen molar-refractivity contribution in [3.8, 4) is 0 Å². The van der Waals surface area contributed by atoms with E-state index in [1.165, 1.54) is 59.6 Å². The fourth-order valence-corrected chi connectivity index (χ4v) is 5.51. The zero-order valence-corrected chi connectivity index (χ0v) is 16.0. The molecule has 0 radical (unpaired) electrons. The summed E-state index contributed by atoms with van der Waals surface area (Å²) in [6.45, 7) is 0. The molecule has 8 rings (SSSR count). The molecule has 138 valence electrons. The fourth-order valence-electron chi connectivity index (χ4n) is 5.51. The number of hydrogen-bond acceptors (Lipinski definition) is 1. The minimum absolute atomic E-state index is 0.944. The molecule has 0 saturated carbocycles. The van der Waals surface area contributed by atoms with Gasteiger partial charge >= 0.3 is 0 Å². The van der Waals surface area contributed by atoms with Gasteiger partial charge in [0.1, 0.15) is 11.2 Å². The van der Waals surface area contributed by atoms with Crippen molar-refractivity contribution < 1.29 is 4.42 Å². The predicted octanol–water partition coefficient (Wildman–Crippen LogP) is 7.89. The molecule has 30 heavy (non-hydrogen) atoms. The van der Waals surface area contributed by atoms with Gasteiger partial charge in [-0.15, -0.1) is 0 Å². The maximum atomic E-state index is 6.44. The van der Waals surface area contributed by atoms with Gasteiger partial charge in [0.05, 0.1) is 21.9 Å². The molecule has 0 fully saturated rings. The molecule has 0 aliphatic heterocycles. The minimum atomic E-state index is 0.944. The van der Waals surface area contributed by atoms with E-state index >= 15 is 0 Å². The van der Waals surface area contributed by atoms with Crippen LogP contribution in [0.15, 0.2) is 95.4 Å². The Labute approximate surface area is 170 Å². The minimum Gasteiger partial charge on any atom is -0.455 e. The van der Waals surface area contributed by atoms with Gasteiger partial charge in [-0.05, 0) is 41.1 Å². The first-order valence-electron chi connectivity index (χ1n) is 10.3. The summed E-state index contributed by atoms with van der Waals surface area (Å²) in [6, 6.07) is 32.6. The molecule has 0 unspecified atom stereocenters. The molecule has 8 aromatic rings. The largest absolute Gasteiger partial charge is 0.455 e. The van der Waals surface area contributed by atoms with Crippen LogP contribution in [0.2, 0.25) is 0 Å². The summed E-state index contributed by atoms with van der Waals surface area (Å²) in [5.41, 5.74) is 5.67. The number of para-hydroxylation sites is 2. The van der Waals surface area contributed by atoms with E-state index in [2.05, 4.69) is 89.3 Å². The molecule has 0 saturated heterocycles. The number of benzene rings is 5. The first kappa shape index (κ1) is 14.9. The summed E-state index contributed by atoms with van der Waals surface area (Å²) in [5.74, 6) is 0. The Hall–Kier alpha value is -4.04. The third-order valence-corrected chi connectivity index (χ3v) is 6.69. The molecule has 0 bridgehead atoms. The summed E-state index contributed by atoms with van der Waals surface area (Å²) >= 11 is 0. The second kappa shape index (κ2) is 4.92. The zero-order valence-electron chi connectivity index (χ0n) is 16.0. The summed E-state index contributed by atoms with van der Waals surface area (Å²) in [6.07, 6.45) is 0. The SMILES string of the molecule is c1ccc2c(c1)cc1c3c4oc5ccccc5c4ccc3n3c4ccccc4c2c13. The second-order valence-electron chi connectivity index (χ2n) is 8.16. The lowest BCUT2D eigenvalue weighted by Crippen LogP contribution is -1.79. The van der Waals surface area contributed by atoms with E-state index in [-0.39, 0.29) is 0 Å². The smallest absolute Gasteiger partial charge is 0.145 e. The van der Waals surface area contributed by atoms with Crippen molar-refractivity contribution in [2.45, 2.75) is 0 Å². The van der Waals surface area contributed by atoms with Gasteiger partial charge in [-0.1, -0.05) is 60.7 Å². The van der Waals surface area contributed by atoms with Crippen LogP contribution in [0.4, 0.5) is 0 Å². The van der Waals surface area contributed by atoms with Gasteiger partial charge in [0.15, 0.2) is 0 Å². The molecule has 3 aromatic heterocycles. The van der Waals surface area contributed by atoms with Crippen LogP contribution in [-0.4, -0.2) is 4.40 Å². The van der Waals surface area contributed by atoms with Crippen molar-refractivity contribution >= 4 is 70.8 Å². The lowest BCUT2D eigenvalue weighted by atomic mass is 9.99. The Morgan fingerprint density at radius 3 is 2.23 bits per heavy atom. The number of rotatable bonds is 0. The van der Waals surface area contributed by atoms with Gasteiger partial charge in [0.2, 0.25) is 0 Å². The standard InChI is InChI=1S/C28H15NO/c1-2-8-17-16(7-1)15-21-26-23(29-22-11-5-3-10-20(22)25(17)27(21)29)14-13-19-18-9-4-6-12-24(18)30-28(19)26/h1-15H. The Bertz CT molecular complexity index is 1950. The summed E-state index contributed by atoms with van der Waals surface area (Å²) in [7, 11) is 0. The highest BCUT2D eigenvalue weighted by Gasteiger charge is 2.22. The third-order valence-electron chi connectivity index (χ3n) is 6.69. The molecular formula is C28H15NO. The van der Waals surface area contributed by atoms with Crippen LogP contribution in [-0.2, 0) is 0 Å². The molecule has 3 heterocycles. The molecule has 0 N–H and O–H groups in total. The number of hydrogen-bond donors (Lipinski definition) is 0. The quantitative estimate of drug-likeness (QED) is 0.261. The van der Waals surface area contributed by atoms with Crippen LogP contribution in [0, 0.1) is 0 Å².